The second kappa shape index (κ2) is 8.05. The maximum Gasteiger partial charge on any atom is 0.387 e. The Labute approximate surface area is 137 Å². The van der Waals surface area contributed by atoms with E-state index in [4.69, 9.17) is 0 Å². The number of carbonyl (C=O) groups is 2. The number of anilines is 1. The summed E-state index contributed by atoms with van der Waals surface area (Å²) in [5.74, 6) is -1.22. The van der Waals surface area contributed by atoms with Crippen LogP contribution in [0.15, 0.2) is 54.6 Å². The molecule has 0 saturated heterocycles. The first-order chi connectivity index (χ1) is 11.5. The Morgan fingerprint density at radius 1 is 1.08 bits per heavy atom. The molecule has 0 bridgehead atoms. The van der Waals surface area contributed by atoms with E-state index >= 15 is 0 Å². The van der Waals surface area contributed by atoms with Crippen LogP contribution in [0, 0.1) is 0 Å². The van der Waals surface area contributed by atoms with E-state index in [2.05, 4.69) is 10.1 Å². The lowest BCUT2D eigenvalue weighted by Gasteiger charge is -2.18. The van der Waals surface area contributed by atoms with Gasteiger partial charge in [0, 0.05) is 12.7 Å². The van der Waals surface area contributed by atoms with Crippen LogP contribution in [-0.4, -0.2) is 36.9 Å². The number of ether oxygens (including phenoxy) is 1. The van der Waals surface area contributed by atoms with Gasteiger partial charge >= 0.3 is 6.61 Å². The molecule has 0 aliphatic heterocycles. The van der Waals surface area contributed by atoms with E-state index in [9.17, 15) is 18.4 Å². The van der Waals surface area contributed by atoms with E-state index in [1.54, 1.807) is 24.3 Å². The van der Waals surface area contributed by atoms with Crippen molar-refractivity contribution in [3.63, 3.8) is 0 Å². The summed E-state index contributed by atoms with van der Waals surface area (Å²) < 4.78 is 29.1. The highest BCUT2D eigenvalue weighted by atomic mass is 19.3. The molecule has 0 aliphatic carbocycles. The van der Waals surface area contributed by atoms with Gasteiger partial charge in [-0.05, 0) is 24.3 Å². The third-order valence-electron chi connectivity index (χ3n) is 3.12. The molecule has 5 nitrogen and oxygen atoms in total. The predicted molar refractivity (Wildman–Crippen MR) is 85.1 cm³/mol. The van der Waals surface area contributed by atoms with Crippen LogP contribution in [0.1, 0.15) is 10.4 Å². The van der Waals surface area contributed by atoms with Crippen molar-refractivity contribution in [2.24, 2.45) is 0 Å². The molecule has 0 atom stereocenters. The van der Waals surface area contributed by atoms with Crippen LogP contribution in [0.3, 0.4) is 0 Å². The number of rotatable bonds is 6. The van der Waals surface area contributed by atoms with Crippen molar-refractivity contribution < 1.29 is 23.1 Å². The average Bonchev–Trinajstić information content (AvgIpc) is 2.55. The van der Waals surface area contributed by atoms with Crippen LogP contribution in [0.4, 0.5) is 14.5 Å². The minimum Gasteiger partial charge on any atom is -0.434 e. The number of nitrogens with zero attached hydrogens (tertiary/aromatic N) is 1. The van der Waals surface area contributed by atoms with Crippen molar-refractivity contribution in [1.29, 1.82) is 0 Å². The number of para-hydroxylation sites is 2. The summed E-state index contributed by atoms with van der Waals surface area (Å²) in [6, 6.07) is 14.4. The molecule has 0 spiro atoms. The first-order valence-corrected chi connectivity index (χ1v) is 7.11. The zero-order chi connectivity index (χ0) is 17.5. The SMILES string of the molecule is CN(CC(=O)Nc1ccccc1)C(=O)c1ccccc1OC(F)F. The second-order valence-corrected chi connectivity index (χ2v) is 4.95. The van der Waals surface area contributed by atoms with E-state index < -0.39 is 18.4 Å². The first kappa shape index (κ1) is 17.4. The highest BCUT2D eigenvalue weighted by Crippen LogP contribution is 2.21. The quantitative estimate of drug-likeness (QED) is 0.883. The highest BCUT2D eigenvalue weighted by Gasteiger charge is 2.20. The van der Waals surface area contributed by atoms with Gasteiger partial charge in [0.2, 0.25) is 5.91 Å². The normalized spacial score (nSPS) is 10.3. The van der Waals surface area contributed by atoms with Crippen molar-refractivity contribution in [1.82, 2.24) is 4.90 Å². The fourth-order valence-corrected chi connectivity index (χ4v) is 2.06. The number of nitrogens with one attached hydrogen (secondary N) is 1. The molecule has 2 rings (SSSR count). The van der Waals surface area contributed by atoms with Crippen molar-refractivity contribution >= 4 is 17.5 Å². The molecule has 0 fully saturated rings. The molecule has 0 radical (unpaired) electrons. The molecular weight excluding hydrogens is 318 g/mol. The minimum atomic E-state index is -3.04. The number of likely N-dealkylation sites (N-methyl/N-ethyl adjacent to an activating group) is 1. The summed E-state index contributed by atoms with van der Waals surface area (Å²) in [5, 5.41) is 2.64. The lowest BCUT2D eigenvalue weighted by molar-refractivity contribution is -0.116. The Kier molecular flexibility index (Phi) is 5.83. The molecule has 0 unspecified atom stereocenters. The van der Waals surface area contributed by atoms with Gasteiger partial charge < -0.3 is 15.0 Å². The number of carbonyl (C=O) groups excluding carboxylic acids is 2. The zero-order valence-electron chi connectivity index (χ0n) is 12.9. The fourth-order valence-electron chi connectivity index (χ4n) is 2.06. The Balaban J connectivity index is 2.03. The minimum absolute atomic E-state index is 0.0344. The van der Waals surface area contributed by atoms with Gasteiger partial charge in [-0.3, -0.25) is 9.59 Å². The van der Waals surface area contributed by atoms with Gasteiger partial charge in [0.05, 0.1) is 12.1 Å². The Bertz CT molecular complexity index is 708. The van der Waals surface area contributed by atoms with Gasteiger partial charge in [-0.2, -0.15) is 8.78 Å². The number of hydrogen-bond acceptors (Lipinski definition) is 3. The summed E-state index contributed by atoms with van der Waals surface area (Å²) in [7, 11) is 1.41. The number of alkyl halides is 2. The van der Waals surface area contributed by atoms with Crippen LogP contribution >= 0.6 is 0 Å². The van der Waals surface area contributed by atoms with Crippen LogP contribution < -0.4 is 10.1 Å². The number of hydrogen-bond donors (Lipinski definition) is 1. The third kappa shape index (κ3) is 4.77. The monoisotopic (exact) mass is 334 g/mol. The summed E-state index contributed by atoms with van der Waals surface area (Å²) in [6.45, 7) is -3.26. The van der Waals surface area contributed by atoms with E-state index in [1.165, 1.54) is 31.3 Å². The summed E-state index contributed by atoms with van der Waals surface area (Å²) in [5.41, 5.74) is 0.567. The average molecular weight is 334 g/mol. The standard InChI is InChI=1S/C17H16F2N2O3/c1-21(11-15(22)20-12-7-3-2-4-8-12)16(23)13-9-5-6-10-14(13)24-17(18)19/h2-10,17H,11H2,1H3,(H,20,22). The first-order valence-electron chi connectivity index (χ1n) is 7.11. The van der Waals surface area contributed by atoms with Crippen LogP contribution in [0.2, 0.25) is 0 Å². The lowest BCUT2D eigenvalue weighted by atomic mass is 10.2. The molecule has 2 amide bonds. The van der Waals surface area contributed by atoms with E-state index in [0.29, 0.717) is 5.69 Å². The maximum absolute atomic E-state index is 12.4. The molecule has 0 heterocycles. The summed E-state index contributed by atoms with van der Waals surface area (Å²) >= 11 is 0. The zero-order valence-corrected chi connectivity index (χ0v) is 12.9. The fraction of sp³-hybridized carbons (Fsp3) is 0.176. The van der Waals surface area contributed by atoms with Crippen LogP contribution in [-0.2, 0) is 4.79 Å². The molecule has 0 aromatic heterocycles. The van der Waals surface area contributed by atoms with E-state index in [0.717, 1.165) is 4.90 Å². The lowest BCUT2D eigenvalue weighted by Crippen LogP contribution is -2.35. The maximum atomic E-state index is 12.4. The van der Waals surface area contributed by atoms with Crippen molar-refractivity contribution in [3.05, 3.63) is 60.2 Å². The van der Waals surface area contributed by atoms with Gasteiger partial charge in [0.1, 0.15) is 5.75 Å². The molecule has 24 heavy (non-hydrogen) atoms. The molecule has 7 heteroatoms. The van der Waals surface area contributed by atoms with Crippen molar-refractivity contribution in [3.8, 4) is 5.75 Å². The Morgan fingerprint density at radius 2 is 1.71 bits per heavy atom. The van der Waals surface area contributed by atoms with Crippen LogP contribution in [0.25, 0.3) is 0 Å². The molecule has 0 aliphatic rings. The largest absolute Gasteiger partial charge is 0.434 e. The Morgan fingerprint density at radius 3 is 2.38 bits per heavy atom. The van der Waals surface area contributed by atoms with Crippen molar-refractivity contribution in [2.75, 3.05) is 18.9 Å². The molecular formula is C17H16F2N2O3. The highest BCUT2D eigenvalue weighted by molar-refractivity contribution is 6.00. The molecule has 126 valence electrons. The van der Waals surface area contributed by atoms with Gasteiger partial charge in [-0.25, -0.2) is 0 Å². The number of amides is 2. The van der Waals surface area contributed by atoms with Gasteiger partial charge in [0.25, 0.3) is 5.91 Å². The molecule has 2 aromatic carbocycles. The van der Waals surface area contributed by atoms with Crippen LogP contribution in [0.5, 0.6) is 5.75 Å². The van der Waals surface area contributed by atoms with Gasteiger partial charge in [-0.1, -0.05) is 30.3 Å². The number of benzene rings is 2. The molecule has 2 aromatic rings. The second-order valence-electron chi connectivity index (χ2n) is 4.95. The third-order valence-corrected chi connectivity index (χ3v) is 3.12. The summed E-state index contributed by atoms with van der Waals surface area (Å²) in [4.78, 5) is 25.5. The molecule has 0 saturated carbocycles. The predicted octanol–water partition coefficient (Wildman–Crippen LogP) is 3.00. The van der Waals surface area contributed by atoms with Gasteiger partial charge in [-0.15, -0.1) is 0 Å². The summed E-state index contributed by atoms with van der Waals surface area (Å²) in [6.07, 6.45) is 0. The smallest absolute Gasteiger partial charge is 0.387 e. The topological polar surface area (TPSA) is 58.6 Å². The van der Waals surface area contributed by atoms with E-state index in [-0.39, 0.29) is 17.9 Å². The number of halogens is 2. The molecule has 1 N–H and O–H groups in total. The Hall–Kier alpha value is -2.96. The van der Waals surface area contributed by atoms with Gasteiger partial charge in [0.15, 0.2) is 0 Å². The van der Waals surface area contributed by atoms with E-state index in [1.807, 2.05) is 6.07 Å². The van der Waals surface area contributed by atoms with Crippen molar-refractivity contribution in [2.45, 2.75) is 6.61 Å².